The molecule has 2 unspecified atom stereocenters. The fourth-order valence-corrected chi connectivity index (χ4v) is 2.17. The van der Waals surface area contributed by atoms with Crippen molar-refractivity contribution in [1.29, 1.82) is 0 Å². The van der Waals surface area contributed by atoms with Crippen LogP contribution in [0, 0.1) is 5.82 Å². The predicted octanol–water partition coefficient (Wildman–Crippen LogP) is 1.86. The van der Waals surface area contributed by atoms with Crippen LogP contribution in [0.15, 0.2) is 24.3 Å². The Labute approximate surface area is 99.7 Å². The Morgan fingerprint density at radius 3 is 2.65 bits per heavy atom. The largest absolute Gasteiger partial charge is 0.393 e. The molecule has 17 heavy (non-hydrogen) atoms. The minimum atomic E-state index is -0.352. The van der Waals surface area contributed by atoms with Gasteiger partial charge in [-0.2, -0.15) is 0 Å². The van der Waals surface area contributed by atoms with Gasteiger partial charge in [0.25, 0.3) is 5.91 Å². The highest BCUT2D eigenvalue weighted by molar-refractivity contribution is 5.94. The Hall–Kier alpha value is -1.42. The average Bonchev–Trinajstić information content (AvgIpc) is 2.29. The predicted molar refractivity (Wildman–Crippen MR) is 62.1 cm³/mol. The van der Waals surface area contributed by atoms with Crippen molar-refractivity contribution in [3.63, 3.8) is 0 Å². The molecule has 0 aliphatic heterocycles. The Morgan fingerprint density at radius 2 is 2.00 bits per heavy atom. The maximum absolute atomic E-state index is 12.7. The molecule has 2 rings (SSSR count). The topological polar surface area (TPSA) is 49.3 Å². The Kier molecular flexibility index (Phi) is 3.74. The second-order valence-electron chi connectivity index (χ2n) is 4.50. The van der Waals surface area contributed by atoms with Gasteiger partial charge in [0.2, 0.25) is 0 Å². The van der Waals surface area contributed by atoms with E-state index in [2.05, 4.69) is 5.32 Å². The zero-order chi connectivity index (χ0) is 12.3. The van der Waals surface area contributed by atoms with E-state index in [9.17, 15) is 14.3 Å². The van der Waals surface area contributed by atoms with E-state index in [-0.39, 0.29) is 23.9 Å². The number of carbonyl (C=O) groups excluding carboxylic acids is 1. The first-order chi connectivity index (χ1) is 8.15. The van der Waals surface area contributed by atoms with E-state index < -0.39 is 0 Å². The van der Waals surface area contributed by atoms with Crippen LogP contribution in [0.5, 0.6) is 0 Å². The highest BCUT2D eigenvalue weighted by atomic mass is 19.1. The molecule has 0 radical (unpaired) electrons. The van der Waals surface area contributed by atoms with Crippen molar-refractivity contribution in [1.82, 2.24) is 5.32 Å². The van der Waals surface area contributed by atoms with Crippen molar-refractivity contribution in [2.75, 3.05) is 0 Å². The summed E-state index contributed by atoms with van der Waals surface area (Å²) in [6.07, 6.45) is 2.91. The number of hydrogen-bond donors (Lipinski definition) is 2. The number of benzene rings is 1. The number of rotatable bonds is 2. The van der Waals surface area contributed by atoms with Crippen LogP contribution in [-0.4, -0.2) is 23.2 Å². The zero-order valence-corrected chi connectivity index (χ0v) is 9.53. The molecule has 0 spiro atoms. The highest BCUT2D eigenvalue weighted by Crippen LogP contribution is 2.18. The number of aliphatic hydroxyl groups excluding tert-OH is 1. The van der Waals surface area contributed by atoms with Crippen LogP contribution < -0.4 is 5.32 Å². The third-order valence-corrected chi connectivity index (χ3v) is 3.09. The third kappa shape index (κ3) is 3.27. The number of halogens is 1. The lowest BCUT2D eigenvalue weighted by Crippen LogP contribution is -2.39. The molecule has 1 amide bonds. The van der Waals surface area contributed by atoms with E-state index in [1.165, 1.54) is 24.3 Å². The molecule has 1 aromatic rings. The van der Waals surface area contributed by atoms with Gasteiger partial charge in [0.1, 0.15) is 5.82 Å². The van der Waals surface area contributed by atoms with Gasteiger partial charge in [0.05, 0.1) is 6.10 Å². The summed E-state index contributed by atoms with van der Waals surface area (Å²) in [5.41, 5.74) is 0.450. The van der Waals surface area contributed by atoms with Crippen LogP contribution in [0.2, 0.25) is 0 Å². The van der Waals surface area contributed by atoms with E-state index >= 15 is 0 Å². The first-order valence-corrected chi connectivity index (χ1v) is 5.89. The summed E-state index contributed by atoms with van der Waals surface area (Å²) in [6, 6.07) is 5.49. The van der Waals surface area contributed by atoms with Gasteiger partial charge >= 0.3 is 0 Å². The molecular weight excluding hydrogens is 221 g/mol. The monoisotopic (exact) mass is 237 g/mol. The first kappa shape index (κ1) is 12.0. The summed E-state index contributed by atoms with van der Waals surface area (Å²) < 4.78 is 12.7. The van der Waals surface area contributed by atoms with Crippen molar-refractivity contribution in [2.45, 2.75) is 37.8 Å². The Morgan fingerprint density at radius 1 is 1.29 bits per heavy atom. The molecule has 1 fully saturated rings. The van der Waals surface area contributed by atoms with Crippen molar-refractivity contribution < 1.29 is 14.3 Å². The fraction of sp³-hybridized carbons (Fsp3) is 0.462. The van der Waals surface area contributed by atoms with Crippen LogP contribution in [0.1, 0.15) is 36.0 Å². The van der Waals surface area contributed by atoms with E-state index in [0.717, 1.165) is 19.3 Å². The Bertz CT molecular complexity index is 391. The molecule has 2 atom stereocenters. The smallest absolute Gasteiger partial charge is 0.251 e. The standard InChI is InChI=1S/C13H16FNO2/c14-10-6-4-9(5-7-10)13(17)15-11-2-1-3-12(16)8-11/h4-7,11-12,16H,1-3,8H2,(H,15,17). The van der Waals surface area contributed by atoms with Gasteiger partial charge in [-0.3, -0.25) is 4.79 Å². The quantitative estimate of drug-likeness (QED) is 0.824. The van der Waals surface area contributed by atoms with Gasteiger partial charge < -0.3 is 10.4 Å². The lowest BCUT2D eigenvalue weighted by molar-refractivity contribution is 0.0850. The van der Waals surface area contributed by atoms with Crippen molar-refractivity contribution >= 4 is 5.91 Å². The Balaban J connectivity index is 1.94. The summed E-state index contributed by atoms with van der Waals surface area (Å²) in [5.74, 6) is -0.557. The molecule has 92 valence electrons. The van der Waals surface area contributed by atoms with Crippen LogP contribution in [0.4, 0.5) is 4.39 Å². The van der Waals surface area contributed by atoms with E-state index in [4.69, 9.17) is 0 Å². The minimum absolute atomic E-state index is 0.0244. The number of nitrogens with one attached hydrogen (secondary N) is 1. The number of aliphatic hydroxyl groups is 1. The van der Waals surface area contributed by atoms with Crippen LogP contribution in [-0.2, 0) is 0 Å². The van der Waals surface area contributed by atoms with Gasteiger partial charge in [0, 0.05) is 11.6 Å². The molecule has 1 aromatic carbocycles. The molecule has 0 aromatic heterocycles. The van der Waals surface area contributed by atoms with E-state index in [1.54, 1.807) is 0 Å². The normalized spacial score (nSPS) is 24.4. The first-order valence-electron chi connectivity index (χ1n) is 5.89. The summed E-state index contributed by atoms with van der Waals surface area (Å²) in [4.78, 5) is 11.8. The second-order valence-corrected chi connectivity index (χ2v) is 4.50. The van der Waals surface area contributed by atoms with Gasteiger partial charge in [-0.15, -0.1) is 0 Å². The van der Waals surface area contributed by atoms with E-state index in [1.807, 2.05) is 0 Å². The number of hydrogen-bond acceptors (Lipinski definition) is 2. The molecule has 1 saturated carbocycles. The summed E-state index contributed by atoms with van der Waals surface area (Å²) in [6.45, 7) is 0. The van der Waals surface area contributed by atoms with Gasteiger partial charge in [-0.25, -0.2) is 4.39 Å². The van der Waals surface area contributed by atoms with Gasteiger partial charge in [0.15, 0.2) is 0 Å². The molecule has 1 aliphatic rings. The molecule has 0 saturated heterocycles. The van der Waals surface area contributed by atoms with Crippen molar-refractivity contribution in [2.24, 2.45) is 0 Å². The SMILES string of the molecule is O=C(NC1CCCC(O)C1)c1ccc(F)cc1. The van der Waals surface area contributed by atoms with Crippen LogP contribution in [0.3, 0.4) is 0 Å². The third-order valence-electron chi connectivity index (χ3n) is 3.09. The maximum Gasteiger partial charge on any atom is 0.251 e. The molecule has 0 heterocycles. The maximum atomic E-state index is 12.7. The highest BCUT2D eigenvalue weighted by Gasteiger charge is 2.21. The fourth-order valence-electron chi connectivity index (χ4n) is 2.17. The van der Waals surface area contributed by atoms with Gasteiger partial charge in [-0.05, 0) is 49.9 Å². The van der Waals surface area contributed by atoms with Gasteiger partial charge in [-0.1, -0.05) is 0 Å². The molecule has 3 nitrogen and oxygen atoms in total. The summed E-state index contributed by atoms with van der Waals surface area (Å²) >= 11 is 0. The molecule has 4 heteroatoms. The van der Waals surface area contributed by atoms with Crippen LogP contribution >= 0.6 is 0 Å². The lowest BCUT2D eigenvalue weighted by Gasteiger charge is -2.26. The lowest BCUT2D eigenvalue weighted by atomic mass is 9.93. The number of carbonyl (C=O) groups is 1. The zero-order valence-electron chi connectivity index (χ0n) is 9.53. The van der Waals surface area contributed by atoms with E-state index in [0.29, 0.717) is 12.0 Å². The van der Waals surface area contributed by atoms with Crippen LogP contribution in [0.25, 0.3) is 0 Å². The second kappa shape index (κ2) is 5.27. The van der Waals surface area contributed by atoms with Crippen molar-refractivity contribution in [3.05, 3.63) is 35.6 Å². The molecule has 0 bridgehead atoms. The molecule has 2 N–H and O–H groups in total. The average molecular weight is 237 g/mol. The summed E-state index contributed by atoms with van der Waals surface area (Å²) in [7, 11) is 0. The summed E-state index contributed by atoms with van der Waals surface area (Å²) in [5, 5.41) is 12.4. The molecule has 1 aliphatic carbocycles. The minimum Gasteiger partial charge on any atom is -0.393 e. The van der Waals surface area contributed by atoms with Crippen molar-refractivity contribution in [3.8, 4) is 0 Å². The molecular formula is C13H16FNO2. The number of amides is 1.